The summed E-state index contributed by atoms with van der Waals surface area (Å²) in [6.45, 7) is 0. The quantitative estimate of drug-likeness (QED) is 0.684. The van der Waals surface area contributed by atoms with Gasteiger partial charge in [0.1, 0.15) is 11.9 Å². The second-order valence-electron chi connectivity index (χ2n) is 4.94. The number of nitro groups is 1. The van der Waals surface area contributed by atoms with E-state index in [1.807, 2.05) is 12.1 Å². The second kappa shape index (κ2) is 5.28. The SMILES string of the molecule is O=[N+]([O-])c1cnccc1NC1CCCc2ccccc21. The van der Waals surface area contributed by atoms with Gasteiger partial charge in [-0.05, 0) is 36.5 Å². The number of hydrogen-bond donors (Lipinski definition) is 1. The third kappa shape index (κ3) is 2.34. The number of benzene rings is 1. The molecule has 0 spiro atoms. The summed E-state index contributed by atoms with van der Waals surface area (Å²) in [7, 11) is 0. The molecule has 2 aromatic rings. The molecule has 1 atom stereocenters. The van der Waals surface area contributed by atoms with Crippen LogP contribution in [0, 0.1) is 10.1 Å². The Labute approximate surface area is 116 Å². The highest BCUT2D eigenvalue weighted by Crippen LogP contribution is 2.34. The Morgan fingerprint density at radius 1 is 1.30 bits per heavy atom. The van der Waals surface area contributed by atoms with Crippen molar-refractivity contribution in [2.24, 2.45) is 0 Å². The molecule has 3 rings (SSSR count). The summed E-state index contributed by atoms with van der Waals surface area (Å²) >= 11 is 0. The van der Waals surface area contributed by atoms with E-state index in [4.69, 9.17) is 0 Å². The minimum atomic E-state index is -0.399. The fraction of sp³-hybridized carbons (Fsp3) is 0.267. The topological polar surface area (TPSA) is 68.1 Å². The van der Waals surface area contributed by atoms with Gasteiger partial charge < -0.3 is 5.32 Å². The Bertz CT molecular complexity index is 643. The number of nitrogens with zero attached hydrogens (tertiary/aromatic N) is 2. The van der Waals surface area contributed by atoms with Crippen molar-refractivity contribution in [3.8, 4) is 0 Å². The van der Waals surface area contributed by atoms with Gasteiger partial charge in [-0.3, -0.25) is 15.1 Å². The normalized spacial score (nSPS) is 17.3. The molecule has 0 radical (unpaired) electrons. The molecule has 1 unspecified atom stereocenters. The number of anilines is 1. The van der Waals surface area contributed by atoms with Gasteiger partial charge in [0.25, 0.3) is 0 Å². The maximum absolute atomic E-state index is 11.0. The summed E-state index contributed by atoms with van der Waals surface area (Å²) in [6, 6.07) is 10.1. The number of aryl methyl sites for hydroxylation is 1. The summed E-state index contributed by atoms with van der Waals surface area (Å²) in [5.41, 5.74) is 3.13. The lowest BCUT2D eigenvalue weighted by Crippen LogP contribution is -2.17. The maximum Gasteiger partial charge on any atom is 0.310 e. The Hall–Kier alpha value is -2.43. The molecule has 0 aliphatic heterocycles. The fourth-order valence-corrected chi connectivity index (χ4v) is 2.75. The van der Waals surface area contributed by atoms with E-state index in [9.17, 15) is 10.1 Å². The van der Waals surface area contributed by atoms with Crippen molar-refractivity contribution in [2.75, 3.05) is 5.32 Å². The molecule has 0 saturated heterocycles. The molecule has 1 N–H and O–H groups in total. The molecule has 1 heterocycles. The van der Waals surface area contributed by atoms with Crippen molar-refractivity contribution in [1.29, 1.82) is 0 Å². The average molecular weight is 269 g/mol. The summed E-state index contributed by atoms with van der Waals surface area (Å²) < 4.78 is 0. The van der Waals surface area contributed by atoms with Crippen molar-refractivity contribution in [3.05, 3.63) is 64.0 Å². The summed E-state index contributed by atoms with van der Waals surface area (Å²) in [4.78, 5) is 14.5. The van der Waals surface area contributed by atoms with E-state index in [1.165, 1.54) is 17.3 Å². The van der Waals surface area contributed by atoms with Crippen molar-refractivity contribution in [3.63, 3.8) is 0 Å². The van der Waals surface area contributed by atoms with Gasteiger partial charge in [-0.15, -0.1) is 0 Å². The standard InChI is InChI=1S/C15H15N3O2/c19-18(20)15-10-16-9-8-14(15)17-13-7-3-5-11-4-1-2-6-12(11)13/h1-2,4,6,8-10,13H,3,5,7H2,(H,16,17). The van der Waals surface area contributed by atoms with Crippen molar-refractivity contribution in [2.45, 2.75) is 25.3 Å². The minimum Gasteiger partial charge on any atom is -0.373 e. The zero-order valence-electron chi connectivity index (χ0n) is 11.0. The first-order valence-corrected chi connectivity index (χ1v) is 6.68. The number of aromatic nitrogens is 1. The van der Waals surface area contributed by atoms with Crippen LogP contribution in [0.1, 0.15) is 30.0 Å². The number of fused-ring (bicyclic) bond motifs is 1. The van der Waals surface area contributed by atoms with Crippen LogP contribution < -0.4 is 5.32 Å². The van der Waals surface area contributed by atoms with Crippen molar-refractivity contribution >= 4 is 11.4 Å². The molecule has 1 aromatic carbocycles. The molecule has 0 bridgehead atoms. The van der Waals surface area contributed by atoms with E-state index in [2.05, 4.69) is 22.4 Å². The van der Waals surface area contributed by atoms with Crippen LogP contribution in [0.4, 0.5) is 11.4 Å². The monoisotopic (exact) mass is 269 g/mol. The third-order valence-electron chi connectivity index (χ3n) is 3.70. The largest absolute Gasteiger partial charge is 0.373 e. The van der Waals surface area contributed by atoms with Crippen LogP contribution in [0.25, 0.3) is 0 Å². The maximum atomic E-state index is 11.0. The van der Waals surface area contributed by atoms with E-state index in [0.29, 0.717) is 5.69 Å². The predicted octanol–water partition coefficient (Wildman–Crippen LogP) is 3.48. The minimum absolute atomic E-state index is 0.0237. The highest BCUT2D eigenvalue weighted by atomic mass is 16.6. The highest BCUT2D eigenvalue weighted by Gasteiger charge is 2.22. The van der Waals surface area contributed by atoms with Crippen LogP contribution >= 0.6 is 0 Å². The number of pyridine rings is 1. The molecule has 1 aromatic heterocycles. The Kier molecular flexibility index (Phi) is 3.33. The Morgan fingerprint density at radius 2 is 2.15 bits per heavy atom. The molecule has 1 aliphatic rings. The van der Waals surface area contributed by atoms with Gasteiger partial charge >= 0.3 is 5.69 Å². The molecule has 20 heavy (non-hydrogen) atoms. The average Bonchev–Trinajstić information content (AvgIpc) is 2.48. The highest BCUT2D eigenvalue weighted by molar-refractivity contribution is 5.61. The van der Waals surface area contributed by atoms with Crippen molar-refractivity contribution in [1.82, 2.24) is 4.98 Å². The van der Waals surface area contributed by atoms with E-state index in [1.54, 1.807) is 12.3 Å². The van der Waals surface area contributed by atoms with Crippen LogP contribution in [0.2, 0.25) is 0 Å². The molecule has 5 nitrogen and oxygen atoms in total. The van der Waals surface area contributed by atoms with Crippen LogP contribution in [0.3, 0.4) is 0 Å². The van der Waals surface area contributed by atoms with E-state index < -0.39 is 4.92 Å². The molecule has 102 valence electrons. The molecule has 0 saturated carbocycles. The van der Waals surface area contributed by atoms with Crippen molar-refractivity contribution < 1.29 is 4.92 Å². The first-order chi connectivity index (χ1) is 9.75. The molecular formula is C15H15N3O2. The van der Waals surface area contributed by atoms with Gasteiger partial charge in [0.2, 0.25) is 0 Å². The summed E-state index contributed by atoms with van der Waals surface area (Å²) in [5.74, 6) is 0. The lowest BCUT2D eigenvalue weighted by atomic mass is 9.87. The molecule has 0 amide bonds. The first-order valence-electron chi connectivity index (χ1n) is 6.68. The van der Waals surface area contributed by atoms with Gasteiger partial charge in [-0.25, -0.2) is 0 Å². The van der Waals surface area contributed by atoms with E-state index >= 15 is 0 Å². The zero-order valence-corrected chi connectivity index (χ0v) is 11.0. The van der Waals surface area contributed by atoms with E-state index in [-0.39, 0.29) is 11.7 Å². The molecular weight excluding hydrogens is 254 g/mol. The van der Waals surface area contributed by atoms with Gasteiger partial charge in [0.05, 0.1) is 11.0 Å². The zero-order chi connectivity index (χ0) is 13.9. The predicted molar refractivity (Wildman–Crippen MR) is 76.6 cm³/mol. The molecule has 0 fully saturated rings. The van der Waals surface area contributed by atoms with Crippen LogP contribution in [0.15, 0.2) is 42.7 Å². The number of hydrogen-bond acceptors (Lipinski definition) is 4. The van der Waals surface area contributed by atoms with Crippen LogP contribution in [-0.2, 0) is 6.42 Å². The summed E-state index contributed by atoms with van der Waals surface area (Å²) in [6.07, 6.45) is 6.01. The lowest BCUT2D eigenvalue weighted by molar-refractivity contribution is -0.384. The summed E-state index contributed by atoms with van der Waals surface area (Å²) in [5, 5.41) is 14.3. The van der Waals surface area contributed by atoms with E-state index in [0.717, 1.165) is 19.3 Å². The number of nitrogens with one attached hydrogen (secondary N) is 1. The molecule has 5 heteroatoms. The number of rotatable bonds is 3. The van der Waals surface area contributed by atoms with Gasteiger partial charge in [0.15, 0.2) is 0 Å². The third-order valence-corrected chi connectivity index (χ3v) is 3.70. The lowest BCUT2D eigenvalue weighted by Gasteiger charge is -2.27. The smallest absolute Gasteiger partial charge is 0.310 e. The Morgan fingerprint density at radius 3 is 3.00 bits per heavy atom. The van der Waals surface area contributed by atoms with Crippen LogP contribution in [-0.4, -0.2) is 9.91 Å². The van der Waals surface area contributed by atoms with Crippen LogP contribution in [0.5, 0.6) is 0 Å². The first kappa shape index (κ1) is 12.6. The van der Waals surface area contributed by atoms with Gasteiger partial charge in [-0.1, -0.05) is 24.3 Å². The van der Waals surface area contributed by atoms with Gasteiger partial charge in [0, 0.05) is 6.20 Å². The Balaban J connectivity index is 1.92. The molecule has 1 aliphatic carbocycles. The second-order valence-corrected chi connectivity index (χ2v) is 4.94. The van der Waals surface area contributed by atoms with Gasteiger partial charge in [-0.2, -0.15) is 0 Å². The fourth-order valence-electron chi connectivity index (χ4n) is 2.75.